The molecular weight excluding hydrogens is 231 g/mol. The van der Waals surface area contributed by atoms with Crippen molar-refractivity contribution in [2.24, 2.45) is 0 Å². The first-order valence-electron chi connectivity index (χ1n) is 4.73. The van der Waals surface area contributed by atoms with Crippen LogP contribution < -0.4 is 5.32 Å². The summed E-state index contributed by atoms with van der Waals surface area (Å²) < 4.78 is 12.8. The van der Waals surface area contributed by atoms with Crippen molar-refractivity contribution < 1.29 is 9.18 Å². The molecule has 1 amide bonds. The molecule has 3 nitrogen and oxygen atoms in total. The topological polar surface area (TPSA) is 42.0 Å². The van der Waals surface area contributed by atoms with Crippen LogP contribution in [-0.2, 0) is 0 Å². The van der Waals surface area contributed by atoms with Crippen LogP contribution >= 0.6 is 11.6 Å². The first kappa shape index (κ1) is 12.6. The summed E-state index contributed by atoms with van der Waals surface area (Å²) in [7, 11) is 0. The number of pyridine rings is 1. The number of nitrogens with one attached hydrogen (secondary N) is 1. The average Bonchev–Trinajstić information content (AvgIpc) is 2.21. The maximum absolute atomic E-state index is 12.8. The largest absolute Gasteiger partial charge is 0.348 e. The molecule has 0 aromatic carbocycles. The van der Waals surface area contributed by atoms with Crippen molar-refractivity contribution in [1.82, 2.24) is 10.3 Å². The lowest BCUT2D eigenvalue weighted by molar-refractivity contribution is 0.0957. The van der Waals surface area contributed by atoms with Crippen LogP contribution in [0.2, 0.25) is 5.15 Å². The van der Waals surface area contributed by atoms with Crippen LogP contribution in [-0.4, -0.2) is 17.4 Å². The zero-order valence-electron chi connectivity index (χ0n) is 9.05. The number of nitrogens with zero attached hydrogens (tertiary/aromatic N) is 1. The number of halogens is 2. The molecular formula is C11H12ClFN2O. The maximum Gasteiger partial charge on any atom is 0.254 e. The van der Waals surface area contributed by atoms with Crippen molar-refractivity contribution >= 4 is 17.5 Å². The van der Waals surface area contributed by atoms with E-state index < -0.39 is 11.7 Å². The second kappa shape index (κ2) is 5.61. The Bertz CT molecular complexity index is 428. The van der Waals surface area contributed by atoms with Gasteiger partial charge in [0.15, 0.2) is 0 Å². The number of hydrogen-bond donors (Lipinski definition) is 1. The number of amides is 1. The van der Waals surface area contributed by atoms with Gasteiger partial charge in [-0.05, 0) is 19.9 Å². The molecule has 0 spiro atoms. The average molecular weight is 243 g/mol. The molecule has 0 atom stereocenters. The minimum atomic E-state index is -0.586. The second-order valence-corrected chi connectivity index (χ2v) is 3.84. The fourth-order valence-corrected chi connectivity index (χ4v) is 1.21. The molecule has 1 aromatic rings. The summed E-state index contributed by atoms with van der Waals surface area (Å²) >= 11 is 5.68. The fourth-order valence-electron chi connectivity index (χ4n) is 1.02. The lowest BCUT2D eigenvalue weighted by Gasteiger charge is -2.04. The molecule has 1 rings (SSSR count). The van der Waals surface area contributed by atoms with Gasteiger partial charge in [0, 0.05) is 6.54 Å². The second-order valence-electron chi connectivity index (χ2n) is 3.48. The van der Waals surface area contributed by atoms with Crippen molar-refractivity contribution in [2.45, 2.75) is 13.8 Å². The van der Waals surface area contributed by atoms with E-state index in [9.17, 15) is 9.18 Å². The third kappa shape index (κ3) is 3.62. The van der Waals surface area contributed by atoms with Crippen LogP contribution in [0.3, 0.4) is 0 Å². The van der Waals surface area contributed by atoms with Gasteiger partial charge in [-0.1, -0.05) is 23.3 Å². The third-order valence-electron chi connectivity index (χ3n) is 1.82. The molecule has 0 aliphatic carbocycles. The minimum absolute atomic E-state index is 0.00361. The summed E-state index contributed by atoms with van der Waals surface area (Å²) in [6, 6.07) is 1.06. The summed E-state index contributed by atoms with van der Waals surface area (Å²) in [5.74, 6) is -1.02. The van der Waals surface area contributed by atoms with E-state index in [-0.39, 0.29) is 10.7 Å². The molecule has 5 heteroatoms. The van der Waals surface area contributed by atoms with Gasteiger partial charge in [0.25, 0.3) is 5.91 Å². The highest BCUT2D eigenvalue weighted by molar-refractivity contribution is 6.32. The maximum atomic E-state index is 12.8. The molecule has 86 valence electrons. The molecule has 0 saturated carbocycles. The Labute approximate surface area is 98.3 Å². The van der Waals surface area contributed by atoms with Gasteiger partial charge in [0.2, 0.25) is 0 Å². The van der Waals surface area contributed by atoms with Gasteiger partial charge in [0.1, 0.15) is 11.0 Å². The highest BCUT2D eigenvalue weighted by Gasteiger charge is 2.11. The van der Waals surface area contributed by atoms with Crippen LogP contribution in [0.25, 0.3) is 0 Å². The molecule has 1 aromatic heterocycles. The van der Waals surface area contributed by atoms with Gasteiger partial charge < -0.3 is 5.32 Å². The van der Waals surface area contributed by atoms with Crippen molar-refractivity contribution in [1.29, 1.82) is 0 Å². The number of allylic oxidation sites excluding steroid dienone is 1. The van der Waals surface area contributed by atoms with Crippen molar-refractivity contribution in [3.05, 3.63) is 40.4 Å². The van der Waals surface area contributed by atoms with Gasteiger partial charge >= 0.3 is 0 Å². The summed E-state index contributed by atoms with van der Waals surface area (Å²) in [4.78, 5) is 15.1. The van der Waals surface area contributed by atoms with Gasteiger partial charge in [-0.3, -0.25) is 4.79 Å². The lowest BCUT2D eigenvalue weighted by Crippen LogP contribution is -2.24. The summed E-state index contributed by atoms with van der Waals surface area (Å²) in [6.45, 7) is 4.22. The number of aromatic nitrogens is 1. The first-order valence-corrected chi connectivity index (χ1v) is 5.11. The first-order chi connectivity index (χ1) is 7.50. The highest BCUT2D eigenvalue weighted by Crippen LogP contribution is 2.13. The smallest absolute Gasteiger partial charge is 0.254 e. The fraction of sp³-hybridized carbons (Fsp3) is 0.273. The summed E-state index contributed by atoms with van der Waals surface area (Å²) in [5, 5.41) is 2.59. The van der Waals surface area contributed by atoms with Gasteiger partial charge in [-0.25, -0.2) is 9.37 Å². The van der Waals surface area contributed by atoms with Crippen molar-refractivity contribution in [3.8, 4) is 0 Å². The molecule has 0 aliphatic heterocycles. The van der Waals surface area contributed by atoms with Crippen LogP contribution in [0.15, 0.2) is 23.9 Å². The van der Waals surface area contributed by atoms with E-state index in [2.05, 4.69) is 10.3 Å². The Kier molecular flexibility index (Phi) is 4.43. The predicted molar refractivity (Wildman–Crippen MR) is 61.0 cm³/mol. The Balaban J connectivity index is 2.73. The third-order valence-corrected chi connectivity index (χ3v) is 2.12. The van der Waals surface area contributed by atoms with E-state index in [1.807, 2.05) is 19.9 Å². The van der Waals surface area contributed by atoms with E-state index in [4.69, 9.17) is 11.6 Å². The SMILES string of the molecule is CC(C)=CCNC(=O)c1cc(F)cnc1Cl. The van der Waals surface area contributed by atoms with Crippen LogP contribution in [0.5, 0.6) is 0 Å². The zero-order chi connectivity index (χ0) is 12.1. The van der Waals surface area contributed by atoms with Gasteiger partial charge in [0.05, 0.1) is 11.8 Å². The van der Waals surface area contributed by atoms with E-state index in [1.165, 1.54) is 0 Å². The molecule has 0 radical (unpaired) electrons. The number of carbonyl (C=O) groups is 1. The number of hydrogen-bond acceptors (Lipinski definition) is 2. The molecule has 0 unspecified atom stereocenters. The zero-order valence-corrected chi connectivity index (χ0v) is 9.81. The molecule has 0 bridgehead atoms. The minimum Gasteiger partial charge on any atom is -0.348 e. The Hall–Kier alpha value is -1.42. The molecule has 0 aliphatic rings. The molecule has 0 saturated heterocycles. The van der Waals surface area contributed by atoms with Gasteiger partial charge in [-0.15, -0.1) is 0 Å². The Morgan fingerprint density at radius 3 is 2.94 bits per heavy atom. The number of rotatable bonds is 3. The normalized spacial score (nSPS) is 9.75. The molecule has 16 heavy (non-hydrogen) atoms. The Morgan fingerprint density at radius 1 is 1.62 bits per heavy atom. The van der Waals surface area contributed by atoms with Crippen LogP contribution in [0.4, 0.5) is 4.39 Å². The quantitative estimate of drug-likeness (QED) is 0.654. The van der Waals surface area contributed by atoms with E-state index >= 15 is 0 Å². The van der Waals surface area contributed by atoms with Crippen LogP contribution in [0.1, 0.15) is 24.2 Å². The predicted octanol–water partition coefficient (Wildman–Crippen LogP) is 2.57. The number of carbonyl (C=O) groups excluding carboxylic acids is 1. The van der Waals surface area contributed by atoms with Crippen LogP contribution in [0, 0.1) is 5.82 Å². The summed E-state index contributed by atoms with van der Waals surface area (Å²) in [6.07, 6.45) is 2.81. The van der Waals surface area contributed by atoms with E-state index in [0.717, 1.165) is 17.8 Å². The lowest BCUT2D eigenvalue weighted by atomic mass is 10.2. The monoisotopic (exact) mass is 242 g/mol. The molecule has 1 N–H and O–H groups in total. The molecule has 1 heterocycles. The molecule has 0 fully saturated rings. The van der Waals surface area contributed by atoms with E-state index in [0.29, 0.717) is 6.54 Å². The van der Waals surface area contributed by atoms with Gasteiger partial charge in [-0.2, -0.15) is 0 Å². The Morgan fingerprint density at radius 2 is 2.31 bits per heavy atom. The van der Waals surface area contributed by atoms with Crippen molar-refractivity contribution in [3.63, 3.8) is 0 Å². The standard InChI is InChI=1S/C11H12ClFN2O/c1-7(2)3-4-14-11(16)9-5-8(13)6-15-10(9)12/h3,5-6H,4H2,1-2H3,(H,14,16). The van der Waals surface area contributed by atoms with E-state index in [1.54, 1.807) is 0 Å². The highest BCUT2D eigenvalue weighted by atomic mass is 35.5. The van der Waals surface area contributed by atoms with Crippen molar-refractivity contribution in [2.75, 3.05) is 6.54 Å². The summed E-state index contributed by atoms with van der Waals surface area (Å²) in [5.41, 5.74) is 1.13.